The van der Waals surface area contributed by atoms with Crippen LogP contribution in [0.4, 0.5) is 0 Å². The molecule has 0 radical (unpaired) electrons. The van der Waals surface area contributed by atoms with Crippen LogP contribution in [-0.4, -0.2) is 72.0 Å². The second-order valence-corrected chi connectivity index (χ2v) is 7.88. The van der Waals surface area contributed by atoms with Crippen LogP contribution in [0.5, 0.6) is 0 Å². The summed E-state index contributed by atoms with van der Waals surface area (Å²) in [6, 6.07) is 1.72. The molecule has 33 heavy (non-hydrogen) atoms. The lowest BCUT2D eigenvalue weighted by Crippen LogP contribution is -2.67. The number of amides is 1. The second kappa shape index (κ2) is 11.7. The third-order valence-electron chi connectivity index (χ3n) is 4.24. The molecule has 0 unspecified atom stereocenters. The minimum atomic E-state index is -1.47. The maximum atomic E-state index is 12.8. The maximum absolute atomic E-state index is 12.8. The third-order valence-corrected chi connectivity index (χ3v) is 4.71. The zero-order chi connectivity index (χ0) is 24.7. The summed E-state index contributed by atoms with van der Waals surface area (Å²) < 4.78 is 27.1. The Labute approximate surface area is 197 Å². The minimum absolute atomic E-state index is 0.00687. The van der Waals surface area contributed by atoms with Gasteiger partial charge in [-0.1, -0.05) is 0 Å². The summed E-state index contributed by atoms with van der Waals surface area (Å²) in [5, 5.41) is 2.56. The number of nitrogens with zero attached hydrogens (tertiary/aromatic N) is 1. The molecule has 180 valence electrons. The highest BCUT2D eigenvalue weighted by molar-refractivity contribution is 9.10. The molecule has 2 rings (SSSR count). The Morgan fingerprint density at radius 2 is 1.55 bits per heavy atom. The van der Waals surface area contributed by atoms with E-state index in [9.17, 15) is 24.0 Å². The minimum Gasteiger partial charge on any atom is -0.463 e. The molecule has 0 spiro atoms. The van der Waals surface area contributed by atoms with Gasteiger partial charge in [-0.15, -0.1) is 0 Å². The van der Waals surface area contributed by atoms with E-state index in [0.717, 1.165) is 27.7 Å². The molecule has 1 aliphatic rings. The number of pyridine rings is 1. The number of ether oxygens (including phenoxy) is 5. The molecule has 13 heteroatoms. The molecular formula is C20H23BrN2O10. The lowest BCUT2D eigenvalue weighted by molar-refractivity contribution is -0.270. The van der Waals surface area contributed by atoms with Gasteiger partial charge in [0.2, 0.25) is 6.29 Å². The second-order valence-electron chi connectivity index (χ2n) is 6.96. The Kier molecular flexibility index (Phi) is 9.29. The van der Waals surface area contributed by atoms with Gasteiger partial charge in [-0.3, -0.25) is 24.0 Å². The molecule has 0 saturated carbocycles. The molecule has 1 fully saturated rings. The first-order valence-corrected chi connectivity index (χ1v) is 10.5. The van der Waals surface area contributed by atoms with Crippen molar-refractivity contribution < 1.29 is 47.7 Å². The molecule has 1 N–H and O–H groups in total. The van der Waals surface area contributed by atoms with Crippen molar-refractivity contribution in [1.29, 1.82) is 0 Å². The number of aromatic nitrogens is 1. The quantitative estimate of drug-likeness (QED) is 0.389. The Morgan fingerprint density at radius 1 is 0.939 bits per heavy atom. The van der Waals surface area contributed by atoms with Gasteiger partial charge in [0, 0.05) is 38.4 Å². The van der Waals surface area contributed by atoms with E-state index in [1.54, 1.807) is 6.07 Å². The predicted octanol–water partition coefficient (Wildman–Crippen LogP) is 0.657. The molecule has 1 aromatic heterocycles. The predicted molar refractivity (Wildman–Crippen MR) is 111 cm³/mol. The van der Waals surface area contributed by atoms with Crippen molar-refractivity contribution in [3.05, 3.63) is 28.5 Å². The molecule has 1 aromatic rings. The SMILES string of the molecule is CC(=O)OC[C@H]1O[C@@H](OC(C)=O)[C@H](NC(=O)c2ccc(Br)cn2)[C@@H](OC(C)=O)[C@@H]1OC(C)=O. The van der Waals surface area contributed by atoms with Crippen LogP contribution in [0.15, 0.2) is 22.8 Å². The largest absolute Gasteiger partial charge is 0.463 e. The normalized spacial score (nSPS) is 24.2. The van der Waals surface area contributed by atoms with Gasteiger partial charge in [0.25, 0.3) is 5.91 Å². The van der Waals surface area contributed by atoms with Gasteiger partial charge >= 0.3 is 23.9 Å². The number of hydrogen-bond donors (Lipinski definition) is 1. The lowest BCUT2D eigenvalue weighted by Gasteiger charge is -2.44. The molecule has 0 aromatic carbocycles. The topological polar surface area (TPSA) is 156 Å². The molecule has 0 bridgehead atoms. The van der Waals surface area contributed by atoms with E-state index in [-0.39, 0.29) is 5.69 Å². The highest BCUT2D eigenvalue weighted by Crippen LogP contribution is 2.28. The highest BCUT2D eigenvalue weighted by Gasteiger charge is 2.52. The number of carbonyl (C=O) groups excluding carboxylic acids is 5. The fraction of sp³-hybridized carbons (Fsp3) is 0.500. The van der Waals surface area contributed by atoms with Gasteiger partial charge in [-0.2, -0.15) is 0 Å². The molecular weight excluding hydrogens is 508 g/mol. The van der Waals surface area contributed by atoms with Crippen LogP contribution in [0.25, 0.3) is 0 Å². The van der Waals surface area contributed by atoms with E-state index in [1.165, 1.54) is 12.3 Å². The van der Waals surface area contributed by atoms with Gasteiger partial charge in [-0.25, -0.2) is 4.98 Å². The number of esters is 4. The monoisotopic (exact) mass is 530 g/mol. The molecule has 12 nitrogen and oxygen atoms in total. The van der Waals surface area contributed by atoms with Gasteiger partial charge in [-0.05, 0) is 28.1 Å². The molecule has 1 amide bonds. The molecule has 5 atom stereocenters. The van der Waals surface area contributed by atoms with Gasteiger partial charge in [0.1, 0.15) is 24.4 Å². The molecule has 1 saturated heterocycles. The first kappa shape index (κ1) is 26.2. The first-order chi connectivity index (χ1) is 15.5. The van der Waals surface area contributed by atoms with Crippen molar-refractivity contribution in [3.63, 3.8) is 0 Å². The third kappa shape index (κ3) is 7.79. The fourth-order valence-corrected chi connectivity index (χ4v) is 3.29. The average molecular weight is 531 g/mol. The van der Waals surface area contributed by atoms with E-state index in [4.69, 9.17) is 23.7 Å². The Hall–Kier alpha value is -3.06. The Morgan fingerprint density at radius 3 is 2.06 bits per heavy atom. The number of hydrogen-bond acceptors (Lipinski definition) is 11. The zero-order valence-electron chi connectivity index (χ0n) is 18.2. The average Bonchev–Trinajstić information content (AvgIpc) is 2.70. The maximum Gasteiger partial charge on any atom is 0.305 e. The van der Waals surface area contributed by atoms with Crippen LogP contribution in [0.2, 0.25) is 0 Å². The Bertz CT molecular complexity index is 907. The lowest BCUT2D eigenvalue weighted by atomic mass is 9.96. The van der Waals surface area contributed by atoms with Crippen LogP contribution in [0.3, 0.4) is 0 Å². The van der Waals surface area contributed by atoms with E-state index < -0.39 is 67.0 Å². The van der Waals surface area contributed by atoms with E-state index >= 15 is 0 Å². The van der Waals surface area contributed by atoms with Crippen LogP contribution in [0, 0.1) is 0 Å². The van der Waals surface area contributed by atoms with Crippen molar-refractivity contribution in [2.75, 3.05) is 6.61 Å². The summed E-state index contributed by atoms with van der Waals surface area (Å²) in [7, 11) is 0. The number of nitrogens with one attached hydrogen (secondary N) is 1. The zero-order valence-corrected chi connectivity index (χ0v) is 19.8. The molecule has 1 aliphatic heterocycles. The summed E-state index contributed by atoms with van der Waals surface area (Å²) in [6.07, 6.45) is -3.91. The van der Waals surface area contributed by atoms with E-state index in [0.29, 0.717) is 4.47 Å². The van der Waals surface area contributed by atoms with Crippen LogP contribution in [0.1, 0.15) is 38.2 Å². The molecule has 2 heterocycles. The van der Waals surface area contributed by atoms with Crippen LogP contribution >= 0.6 is 15.9 Å². The van der Waals surface area contributed by atoms with Crippen molar-refractivity contribution in [2.45, 2.75) is 58.3 Å². The van der Waals surface area contributed by atoms with E-state index in [2.05, 4.69) is 26.2 Å². The highest BCUT2D eigenvalue weighted by atomic mass is 79.9. The van der Waals surface area contributed by atoms with Crippen molar-refractivity contribution in [3.8, 4) is 0 Å². The standard InChI is InChI=1S/C20H23BrN2O10/c1-9(24)29-8-15-17(30-10(2)25)18(31-11(3)26)16(20(33-15)32-12(4)27)23-19(28)14-6-5-13(21)7-22-14/h5-7,15-18,20H,8H2,1-4H3,(H,23,28)/t15-,16-,17-,18-,20-/m1/s1. The van der Waals surface area contributed by atoms with Crippen LogP contribution in [-0.2, 0) is 42.9 Å². The number of rotatable bonds is 7. The molecule has 0 aliphatic carbocycles. The smallest absolute Gasteiger partial charge is 0.305 e. The number of carbonyl (C=O) groups is 5. The van der Waals surface area contributed by atoms with Crippen molar-refractivity contribution in [2.24, 2.45) is 0 Å². The summed E-state index contributed by atoms with van der Waals surface area (Å²) in [5.74, 6) is -3.64. The Balaban J connectivity index is 2.44. The number of halogens is 1. The van der Waals surface area contributed by atoms with Gasteiger partial charge in [0.05, 0.1) is 0 Å². The fourth-order valence-electron chi connectivity index (χ4n) is 3.06. The van der Waals surface area contributed by atoms with Gasteiger partial charge in [0.15, 0.2) is 12.2 Å². The summed E-state index contributed by atoms with van der Waals surface area (Å²) in [4.78, 5) is 63.4. The van der Waals surface area contributed by atoms with Gasteiger partial charge < -0.3 is 29.0 Å². The van der Waals surface area contributed by atoms with Crippen molar-refractivity contribution in [1.82, 2.24) is 10.3 Å². The summed E-state index contributed by atoms with van der Waals surface area (Å²) in [6.45, 7) is 4.09. The van der Waals surface area contributed by atoms with Crippen molar-refractivity contribution >= 4 is 45.7 Å². The summed E-state index contributed by atoms with van der Waals surface area (Å²) >= 11 is 3.22. The van der Waals surface area contributed by atoms with Crippen LogP contribution < -0.4 is 5.32 Å². The first-order valence-electron chi connectivity index (χ1n) is 9.70. The summed E-state index contributed by atoms with van der Waals surface area (Å²) in [5.41, 5.74) is 0.00687. The van der Waals surface area contributed by atoms with E-state index in [1.807, 2.05) is 0 Å².